The third kappa shape index (κ3) is 24.2. The molecule has 38 heteroatoms. The summed E-state index contributed by atoms with van der Waals surface area (Å²) in [5.74, 6) is -16.2. The first kappa shape index (κ1) is 75.3. The summed E-state index contributed by atoms with van der Waals surface area (Å²) in [6.07, 6.45) is 0.533. The van der Waals surface area contributed by atoms with Crippen LogP contribution in [-0.4, -0.2) is 236 Å². The van der Waals surface area contributed by atoms with Crippen molar-refractivity contribution in [2.24, 2.45) is 23.3 Å². The van der Waals surface area contributed by atoms with Crippen molar-refractivity contribution >= 4 is 132 Å². The maximum Gasteiger partial charge on any atom is 0.303 e. The summed E-state index contributed by atoms with van der Waals surface area (Å²) in [5.41, 5.74) is 11.9. The van der Waals surface area contributed by atoms with Gasteiger partial charge in [-0.3, -0.25) is 71.9 Å². The van der Waals surface area contributed by atoms with Gasteiger partial charge in [-0.05, 0) is 56.9 Å². The van der Waals surface area contributed by atoms with Gasteiger partial charge < -0.3 is 95.4 Å². The van der Waals surface area contributed by atoms with Gasteiger partial charge >= 0.3 is 5.97 Å². The molecule has 12 atom stereocenters. The average molecular weight is 1370 g/mol. The maximum absolute atomic E-state index is 14.9. The zero-order chi connectivity index (χ0) is 67.8. The van der Waals surface area contributed by atoms with Crippen LogP contribution in [0.1, 0.15) is 91.2 Å². The molecule has 19 N–H and O–H groups in total. The van der Waals surface area contributed by atoms with Crippen molar-refractivity contribution in [3.63, 3.8) is 0 Å². The lowest BCUT2D eigenvalue weighted by Gasteiger charge is -2.31. The Hall–Kier alpha value is -7.42. The molecule has 1 aromatic heterocycles. The Bertz CT molecular complexity index is 2840. The topological polar surface area (TPSA) is 525 Å². The van der Waals surface area contributed by atoms with Gasteiger partial charge in [0, 0.05) is 67.1 Å². The molecule has 92 heavy (non-hydrogen) atoms. The number of carboxylic acid groups (broad SMARTS) is 1. The van der Waals surface area contributed by atoms with Gasteiger partial charge in [0.25, 0.3) is 0 Å². The number of aliphatic carboxylic acids is 1. The molecule has 14 amide bonds. The van der Waals surface area contributed by atoms with E-state index in [4.69, 9.17) is 11.5 Å². The molecule has 510 valence electrons. The van der Waals surface area contributed by atoms with Crippen molar-refractivity contribution in [1.29, 1.82) is 0 Å². The summed E-state index contributed by atoms with van der Waals surface area (Å²) >= 11 is 0. The lowest BCUT2D eigenvalue weighted by atomic mass is 10.0. The number of aromatic nitrogens is 2. The van der Waals surface area contributed by atoms with E-state index in [0.717, 1.165) is 48.1 Å². The number of fused-ring (bicyclic) bond motifs is 6. The van der Waals surface area contributed by atoms with Crippen LogP contribution in [0.25, 0.3) is 0 Å². The number of hydrogen-bond donors (Lipinski definition) is 17. The monoisotopic (exact) mass is 1370 g/mol. The smallest absolute Gasteiger partial charge is 0.303 e. The van der Waals surface area contributed by atoms with E-state index in [2.05, 4.69) is 73.8 Å². The van der Waals surface area contributed by atoms with Gasteiger partial charge in [0.05, 0.1) is 25.5 Å². The fourth-order valence-corrected chi connectivity index (χ4v) is 14.5. The first-order valence-corrected chi connectivity index (χ1v) is 34.8. The van der Waals surface area contributed by atoms with Crippen molar-refractivity contribution in [3.05, 3.63) is 18.2 Å². The number of aromatic amines is 1. The van der Waals surface area contributed by atoms with Crippen LogP contribution in [0, 0.1) is 11.8 Å². The fraction of sp³-hybridized carbons (Fsp3) is 0.667. The van der Waals surface area contributed by atoms with Crippen LogP contribution in [0.5, 0.6) is 0 Å². The van der Waals surface area contributed by atoms with E-state index in [1.807, 2.05) is 0 Å². The number of aliphatic hydroxyl groups excluding tert-OH is 1. The molecule has 0 spiro atoms. The summed E-state index contributed by atoms with van der Waals surface area (Å²) in [7, 11) is 3.56. The van der Waals surface area contributed by atoms with Crippen LogP contribution < -0.4 is 75.3 Å². The normalized spacial score (nSPS) is 26.9. The number of nitrogens with one attached hydrogen (secondary N) is 13. The van der Waals surface area contributed by atoms with E-state index in [0.29, 0.717) is 12.1 Å². The van der Waals surface area contributed by atoms with Crippen LogP contribution in [0.4, 0.5) is 0 Å². The molecule has 5 heterocycles. The van der Waals surface area contributed by atoms with E-state index in [1.54, 1.807) is 27.7 Å². The number of H-pyrrole nitrogens is 1. The number of nitrogens with zero attached hydrogens (tertiary/aromatic N) is 2. The van der Waals surface area contributed by atoms with Crippen LogP contribution in [0.15, 0.2) is 12.5 Å². The molecule has 0 saturated carbocycles. The Morgan fingerprint density at radius 3 is 1.96 bits per heavy atom. The Morgan fingerprint density at radius 2 is 1.34 bits per heavy atom. The van der Waals surface area contributed by atoms with Crippen molar-refractivity contribution in [1.82, 2.24) is 78.7 Å². The highest BCUT2D eigenvalue weighted by Gasteiger charge is 2.44. The number of amides is 14. The van der Waals surface area contributed by atoms with E-state index < -0.39 is 199 Å². The molecule has 1 aromatic rings. The number of carbonyl (C=O) groups excluding carboxylic acids is 14. The summed E-state index contributed by atoms with van der Waals surface area (Å²) in [5, 5.41) is 51.1. The van der Waals surface area contributed by atoms with E-state index in [9.17, 15) is 82.1 Å². The standard InChI is InChI=1S/C54H83N17O17S4/c1-25(2)13-32-49(83)68-36-22-92-90-21-35(46(80)59-17-40(74)62-31(9-11-42(76)77)48(82)63-29(47(81)64-32)7-5-6-12-55)67-51(85)37(69-53(87)43(26(3)4)70-41(75)18-58-45(79)30-8-10-39(73)61-30)23-91-89-20-34(44(56)78)66-52(86)38-15-28(72)19-71(38)54(88)33(65-50(36)84)14-27-16-57-24-60-27/h16,24-26,28-38,43,72H,5-15,17-23,55H2,1-4H3,(H2,56,78)(H,57,60)(H,58,79)(H,59,80)(H,61,73)(H,62,74)(H,63,82)(H,64,81)(H,65,84)(H,66,86)(H,67,85)(H,68,83)(H,69,87)(H,70,75)(H,76,77)/t28-,29+,30+,31+,32+,33+,34+,35+,36+,37+,38+,43+/m1/s1. The van der Waals surface area contributed by atoms with Gasteiger partial charge in [0.2, 0.25) is 82.7 Å². The number of rotatable bonds is 19. The lowest BCUT2D eigenvalue weighted by Crippen LogP contribution is -2.61. The number of imidazole rings is 1. The van der Waals surface area contributed by atoms with Gasteiger partial charge in [-0.15, -0.1) is 0 Å². The number of carbonyl (C=O) groups is 15. The zero-order valence-electron chi connectivity index (χ0n) is 51.2. The quantitative estimate of drug-likeness (QED) is 0.0453. The summed E-state index contributed by atoms with van der Waals surface area (Å²) in [4.78, 5) is 214. The average Bonchev–Trinajstić information content (AvgIpc) is 1.68. The number of unbranched alkanes of at least 4 members (excludes halogenated alkanes) is 1. The highest BCUT2D eigenvalue weighted by atomic mass is 33.1. The second-order valence-electron chi connectivity index (χ2n) is 23.0. The van der Waals surface area contributed by atoms with Crippen LogP contribution >= 0.6 is 43.2 Å². The summed E-state index contributed by atoms with van der Waals surface area (Å²) in [6.45, 7) is 4.93. The Balaban J connectivity index is 1.59. The molecule has 4 aliphatic rings. The van der Waals surface area contributed by atoms with Gasteiger partial charge in [0.15, 0.2) is 0 Å². The molecule has 4 saturated heterocycles. The van der Waals surface area contributed by atoms with Crippen LogP contribution in [-0.2, 0) is 78.3 Å². The number of aliphatic hydroxyl groups is 1. The Kier molecular flexibility index (Phi) is 30.5. The lowest BCUT2D eigenvalue weighted by molar-refractivity contribution is -0.142. The number of nitrogens with two attached hydrogens (primary N) is 2. The van der Waals surface area contributed by atoms with E-state index in [-0.39, 0.29) is 80.6 Å². The number of hydrogen-bond acceptors (Lipinski definition) is 22. The Labute approximate surface area is 545 Å². The molecule has 34 nitrogen and oxygen atoms in total. The third-order valence-corrected chi connectivity index (χ3v) is 19.6. The molecule has 0 aromatic carbocycles. The van der Waals surface area contributed by atoms with Crippen LogP contribution in [0.2, 0.25) is 0 Å². The maximum atomic E-state index is 14.9. The SMILES string of the molecule is CC(C)C[C@@H]1NC(=O)[C@H](CCCCN)NC(=O)[C@H](CCC(=O)O)NC(=O)CNC(=O)[C@@H]2CSSC[C@H](NC1=O)C(=O)N[C@@H](Cc1cnc[nH]1)C(=O)N1C[C@H](O)C[C@H]1C(=O)N[C@H](C(N)=O)CSSC[C@H](NC(=O)[C@@H](NC(=O)CNC(=O)[C@@H]1CCC(=O)N1)C(C)C)C(=O)N2. The predicted octanol–water partition coefficient (Wildman–Crippen LogP) is -6.24. The Morgan fingerprint density at radius 1 is 0.707 bits per heavy atom. The predicted molar refractivity (Wildman–Crippen MR) is 336 cm³/mol. The molecular weight excluding hydrogens is 1290 g/mol. The first-order valence-electron chi connectivity index (χ1n) is 29.9. The minimum atomic E-state index is -1.63. The van der Waals surface area contributed by atoms with Crippen molar-refractivity contribution in [2.75, 3.05) is 49.2 Å². The highest BCUT2D eigenvalue weighted by molar-refractivity contribution is 8.77. The summed E-state index contributed by atoms with van der Waals surface area (Å²) in [6, 6.07) is -16.0. The fourth-order valence-electron chi connectivity index (χ4n) is 9.82. The van der Waals surface area contributed by atoms with Gasteiger partial charge in [-0.2, -0.15) is 0 Å². The minimum Gasteiger partial charge on any atom is -0.481 e. The molecule has 4 aliphatic heterocycles. The van der Waals surface area contributed by atoms with E-state index in [1.165, 1.54) is 12.5 Å². The minimum absolute atomic E-state index is 0.0440. The van der Waals surface area contributed by atoms with Crippen LogP contribution in [0.3, 0.4) is 0 Å². The largest absolute Gasteiger partial charge is 0.481 e. The van der Waals surface area contributed by atoms with Gasteiger partial charge in [0.1, 0.15) is 66.5 Å². The third-order valence-electron chi connectivity index (χ3n) is 14.8. The number of carboxylic acids is 1. The number of primary amides is 1. The first-order chi connectivity index (χ1) is 43.6. The van der Waals surface area contributed by atoms with E-state index >= 15 is 0 Å². The summed E-state index contributed by atoms with van der Waals surface area (Å²) < 4.78 is 0. The second kappa shape index (κ2) is 37.3. The zero-order valence-corrected chi connectivity index (χ0v) is 54.4. The molecule has 2 bridgehead atoms. The molecule has 4 fully saturated rings. The highest BCUT2D eigenvalue weighted by Crippen LogP contribution is 2.27. The van der Waals surface area contributed by atoms with Gasteiger partial charge in [-0.1, -0.05) is 70.9 Å². The molecular formula is C54H83N17O17S4. The molecule has 5 rings (SSSR count). The van der Waals surface area contributed by atoms with Crippen molar-refractivity contribution in [2.45, 2.75) is 164 Å². The molecule has 0 unspecified atom stereocenters. The van der Waals surface area contributed by atoms with Gasteiger partial charge in [-0.25, -0.2) is 4.98 Å². The van der Waals surface area contributed by atoms with Crippen molar-refractivity contribution < 1.29 is 82.1 Å². The molecule has 0 radical (unpaired) electrons. The molecule has 0 aliphatic carbocycles. The second-order valence-corrected chi connectivity index (χ2v) is 28.1. The van der Waals surface area contributed by atoms with Crippen molar-refractivity contribution in [3.8, 4) is 0 Å².